The van der Waals surface area contributed by atoms with Crippen molar-refractivity contribution in [2.24, 2.45) is 0 Å². The van der Waals surface area contributed by atoms with Crippen LogP contribution in [0, 0.1) is 0 Å². The van der Waals surface area contributed by atoms with E-state index in [-0.39, 0.29) is 12.1 Å². The van der Waals surface area contributed by atoms with Crippen LogP contribution in [0.15, 0.2) is 0 Å². The van der Waals surface area contributed by atoms with Crippen molar-refractivity contribution in [3.63, 3.8) is 0 Å². The molecular weight excluding hydrogens is 549 g/mol. The van der Waals surface area contributed by atoms with Crippen LogP contribution in [-0.2, 0) is 18.6 Å². The van der Waals surface area contributed by atoms with Gasteiger partial charge in [-0.25, -0.2) is 4.57 Å². The lowest BCUT2D eigenvalue weighted by Gasteiger charge is -2.42. The van der Waals surface area contributed by atoms with Crippen molar-refractivity contribution in [3.05, 3.63) is 0 Å². The topological polar surface area (TPSA) is 93.1 Å². The van der Waals surface area contributed by atoms with Crippen LogP contribution >= 0.6 is 7.82 Å². The van der Waals surface area contributed by atoms with E-state index >= 15 is 0 Å². The first-order valence-electron chi connectivity index (χ1n) is 17.9. The Balaban J connectivity index is 4.93. The number of rotatable bonds is 31. The summed E-state index contributed by atoms with van der Waals surface area (Å²) in [5, 5.41) is 0. The minimum absolute atomic E-state index is 0.327. The highest BCUT2D eigenvalue weighted by Gasteiger charge is 2.35. The first-order valence-corrected chi connectivity index (χ1v) is 19.4. The van der Waals surface area contributed by atoms with E-state index in [1.54, 1.807) is 0 Å². The summed E-state index contributed by atoms with van der Waals surface area (Å²) < 4.78 is 24.0. The van der Waals surface area contributed by atoms with Crippen molar-refractivity contribution in [2.75, 3.05) is 26.2 Å². The highest BCUT2D eigenvalue weighted by molar-refractivity contribution is 7.46. The smallest absolute Gasteiger partial charge is 0.462 e. The fourth-order valence-corrected chi connectivity index (χ4v) is 6.73. The summed E-state index contributed by atoms with van der Waals surface area (Å²) in [4.78, 5) is 31.5. The van der Waals surface area contributed by atoms with Gasteiger partial charge in [0.15, 0.2) is 0 Å². The van der Waals surface area contributed by atoms with E-state index in [0.717, 1.165) is 75.5 Å². The molecule has 0 saturated heterocycles. The Labute approximate surface area is 260 Å². The first kappa shape index (κ1) is 41.5. The van der Waals surface area contributed by atoms with E-state index in [0.29, 0.717) is 19.4 Å². The van der Waals surface area contributed by atoms with Crippen molar-refractivity contribution < 1.29 is 32.9 Å². The maximum Gasteiger partial charge on any atom is 0.470 e. The predicted molar refractivity (Wildman–Crippen MR) is 176 cm³/mol. The van der Waals surface area contributed by atoms with Gasteiger partial charge < -0.3 is 19.0 Å². The quantitative estimate of drug-likeness (QED) is 0.0347. The molecule has 42 heavy (non-hydrogen) atoms. The van der Waals surface area contributed by atoms with Crippen LogP contribution in [0.3, 0.4) is 0 Å². The minimum atomic E-state index is -4.69. The van der Waals surface area contributed by atoms with Gasteiger partial charge in [0, 0.05) is 13.3 Å². The summed E-state index contributed by atoms with van der Waals surface area (Å²) in [5.41, 5.74) is 0. The van der Waals surface area contributed by atoms with Crippen LogP contribution in [0.25, 0.3) is 0 Å². The second kappa shape index (κ2) is 26.9. The van der Waals surface area contributed by atoms with Gasteiger partial charge in [-0.05, 0) is 32.1 Å². The fourth-order valence-electron chi connectivity index (χ4n) is 6.19. The molecule has 0 spiro atoms. The SMILES string of the molecule is CCCCCCCCCCCCCCCCC(CC(C[N+](CCCC)(CCCC)CCCC)OP(=O)(O)O)OC(C)=O. The molecule has 0 aromatic carbocycles. The van der Waals surface area contributed by atoms with E-state index < -0.39 is 13.9 Å². The molecule has 8 heteroatoms. The number of ether oxygens (including phenoxy) is 1. The molecule has 0 rings (SSSR count). The minimum Gasteiger partial charge on any atom is -0.462 e. The zero-order valence-corrected chi connectivity index (χ0v) is 29.4. The highest BCUT2D eigenvalue weighted by Crippen LogP contribution is 2.40. The number of unbranched alkanes of at least 4 members (excludes halogenated alkanes) is 16. The Morgan fingerprint density at radius 2 is 1.00 bits per heavy atom. The molecule has 0 fully saturated rings. The van der Waals surface area contributed by atoms with Gasteiger partial charge in [0.25, 0.3) is 0 Å². The van der Waals surface area contributed by atoms with Crippen molar-refractivity contribution in [3.8, 4) is 0 Å². The van der Waals surface area contributed by atoms with E-state index in [1.165, 1.54) is 84.0 Å². The number of phosphoric acid groups is 1. The van der Waals surface area contributed by atoms with Crippen LogP contribution < -0.4 is 0 Å². The molecule has 2 unspecified atom stereocenters. The molecule has 0 heterocycles. The second-order valence-corrected chi connectivity index (χ2v) is 14.0. The lowest BCUT2D eigenvalue weighted by molar-refractivity contribution is -0.931. The number of carbonyl (C=O) groups is 1. The summed E-state index contributed by atoms with van der Waals surface area (Å²) in [6, 6.07) is 0. The molecule has 0 saturated carbocycles. The van der Waals surface area contributed by atoms with Gasteiger partial charge in [0.1, 0.15) is 18.8 Å². The first-order chi connectivity index (χ1) is 20.1. The molecule has 0 amide bonds. The number of quaternary nitrogens is 1. The molecule has 0 bridgehead atoms. The third kappa shape index (κ3) is 24.9. The van der Waals surface area contributed by atoms with E-state index in [2.05, 4.69) is 27.7 Å². The van der Waals surface area contributed by atoms with Crippen molar-refractivity contribution in [1.29, 1.82) is 0 Å². The van der Waals surface area contributed by atoms with Gasteiger partial charge in [-0.2, -0.15) is 0 Å². The van der Waals surface area contributed by atoms with Gasteiger partial charge in [-0.1, -0.05) is 130 Å². The lowest BCUT2D eigenvalue weighted by atomic mass is 10.0. The third-order valence-corrected chi connectivity index (χ3v) is 9.15. The predicted octanol–water partition coefficient (Wildman–Crippen LogP) is 9.87. The van der Waals surface area contributed by atoms with Gasteiger partial charge in [-0.15, -0.1) is 0 Å². The van der Waals surface area contributed by atoms with E-state index in [1.807, 2.05) is 0 Å². The van der Waals surface area contributed by atoms with Crippen LogP contribution in [0.4, 0.5) is 0 Å². The summed E-state index contributed by atoms with van der Waals surface area (Å²) >= 11 is 0. The Kier molecular flexibility index (Phi) is 26.6. The second-order valence-electron chi connectivity index (χ2n) is 12.8. The van der Waals surface area contributed by atoms with E-state index in [4.69, 9.17) is 9.26 Å². The molecule has 2 atom stereocenters. The molecular formula is C34H71NO6P+. The van der Waals surface area contributed by atoms with Gasteiger partial charge in [0.2, 0.25) is 0 Å². The number of esters is 1. The molecule has 2 N–H and O–H groups in total. The molecule has 0 aliphatic rings. The monoisotopic (exact) mass is 621 g/mol. The average Bonchev–Trinajstić information content (AvgIpc) is 2.92. The molecule has 252 valence electrons. The number of nitrogens with zero attached hydrogens (tertiary/aromatic N) is 1. The Morgan fingerprint density at radius 1 is 0.619 bits per heavy atom. The largest absolute Gasteiger partial charge is 0.470 e. The molecule has 7 nitrogen and oxygen atoms in total. The molecule has 0 aliphatic heterocycles. The lowest BCUT2D eigenvalue weighted by Crippen LogP contribution is -2.54. The molecule has 0 radical (unpaired) electrons. The Hall–Kier alpha value is -0.460. The van der Waals surface area contributed by atoms with E-state index in [9.17, 15) is 19.1 Å². The molecule has 0 aliphatic carbocycles. The standard InChI is InChI=1S/C34H70NO6P/c1-6-10-14-15-16-17-18-19-20-21-22-23-24-25-26-33(40-32(5)36)30-34(41-42(37,38)39)31-35(27-11-7-2,28-12-8-3)29-13-9-4/h33-34H,6-31H2,1-5H3,(H-,37,38,39)/p+1. The fraction of sp³-hybridized carbons (Fsp3) is 0.971. The summed E-state index contributed by atoms with van der Waals surface area (Å²) in [6.07, 6.45) is 24.5. The van der Waals surface area contributed by atoms with Gasteiger partial charge in [0.05, 0.1) is 19.6 Å². The summed E-state index contributed by atoms with van der Waals surface area (Å²) in [5.74, 6) is -0.344. The van der Waals surface area contributed by atoms with Crippen molar-refractivity contribution in [2.45, 2.75) is 188 Å². The van der Waals surface area contributed by atoms with Crippen LogP contribution in [-0.4, -0.2) is 58.6 Å². The third-order valence-electron chi connectivity index (χ3n) is 8.57. The maximum absolute atomic E-state index is 12.0. The Morgan fingerprint density at radius 3 is 1.36 bits per heavy atom. The summed E-state index contributed by atoms with van der Waals surface area (Å²) in [6.45, 7) is 13.7. The van der Waals surface area contributed by atoms with Crippen molar-refractivity contribution >= 4 is 13.8 Å². The van der Waals surface area contributed by atoms with Crippen LogP contribution in [0.5, 0.6) is 0 Å². The van der Waals surface area contributed by atoms with Crippen LogP contribution in [0.1, 0.15) is 176 Å². The molecule has 0 aromatic heterocycles. The van der Waals surface area contributed by atoms with Gasteiger partial charge in [-0.3, -0.25) is 9.32 Å². The van der Waals surface area contributed by atoms with Crippen LogP contribution in [0.2, 0.25) is 0 Å². The number of phosphoric ester groups is 1. The molecule has 0 aromatic rings. The van der Waals surface area contributed by atoms with Crippen molar-refractivity contribution in [1.82, 2.24) is 0 Å². The zero-order valence-electron chi connectivity index (χ0n) is 28.5. The maximum atomic E-state index is 12.0. The highest BCUT2D eigenvalue weighted by atomic mass is 31.2. The summed E-state index contributed by atoms with van der Waals surface area (Å²) in [7, 11) is -4.69. The normalized spacial score (nSPS) is 13.8. The zero-order chi connectivity index (χ0) is 31.5. The van der Waals surface area contributed by atoms with Gasteiger partial charge >= 0.3 is 13.8 Å². The number of hydrogen-bond acceptors (Lipinski definition) is 4. The average molecular weight is 621 g/mol. The Bertz CT molecular complexity index is 649. The number of hydrogen-bond donors (Lipinski definition) is 2. The number of carbonyl (C=O) groups excluding carboxylic acids is 1.